The van der Waals surface area contributed by atoms with Gasteiger partial charge in [0.1, 0.15) is 0 Å². The van der Waals surface area contributed by atoms with E-state index in [0.29, 0.717) is 61.1 Å². The Bertz CT molecular complexity index is 3300. The number of benzene rings is 6. The molecule has 0 unspecified atom stereocenters. The molecule has 7 aromatic rings. The van der Waals surface area contributed by atoms with Gasteiger partial charge in [-0.1, -0.05) is 104 Å². The lowest BCUT2D eigenvalue weighted by molar-refractivity contribution is 0.0873. The van der Waals surface area contributed by atoms with Crippen LogP contribution in [0.1, 0.15) is 159 Å². The van der Waals surface area contributed by atoms with Crippen molar-refractivity contribution in [1.29, 1.82) is 5.26 Å². The first-order valence-electron chi connectivity index (χ1n) is 21.3. The molecule has 1 aliphatic carbocycles. The fourth-order valence-electron chi connectivity index (χ4n) is 10.4. The fraction of sp³-hybridized carbons (Fsp3) is 0.245. The molecule has 0 spiro atoms. The molecule has 9 nitrogen and oxygen atoms in total. The van der Waals surface area contributed by atoms with Crippen LogP contribution in [0, 0.1) is 17.9 Å². The summed E-state index contributed by atoms with van der Waals surface area (Å²) in [5.74, 6) is -2.45. The largest absolute Gasteiger partial charge is 0.354 e. The first-order valence-corrected chi connectivity index (χ1v) is 21.3. The van der Waals surface area contributed by atoms with Crippen molar-refractivity contribution in [2.24, 2.45) is 0 Å². The average Bonchev–Trinajstić information content (AvgIpc) is 3.81. The molecule has 0 atom stereocenters. The number of carbonyl (C=O) groups is 4. The highest BCUT2D eigenvalue weighted by Crippen LogP contribution is 2.55. The van der Waals surface area contributed by atoms with Crippen molar-refractivity contribution in [2.75, 3.05) is 9.80 Å². The third-order valence-corrected chi connectivity index (χ3v) is 13.2. The van der Waals surface area contributed by atoms with Crippen molar-refractivity contribution >= 4 is 73.3 Å². The minimum Gasteiger partial charge on any atom is -0.354 e. The van der Waals surface area contributed by atoms with E-state index < -0.39 is 23.6 Å². The highest BCUT2D eigenvalue weighted by Gasteiger charge is 2.49. The molecule has 1 N–H and O–H groups in total. The number of aromatic amines is 1. The van der Waals surface area contributed by atoms with Crippen LogP contribution in [0.2, 0.25) is 0 Å². The van der Waals surface area contributed by atoms with E-state index in [1.165, 1.54) is 9.80 Å². The van der Waals surface area contributed by atoms with Gasteiger partial charge in [0.2, 0.25) is 0 Å². The summed E-state index contributed by atoms with van der Waals surface area (Å²) < 4.78 is 0. The molecule has 6 aromatic carbocycles. The van der Waals surface area contributed by atoms with Crippen molar-refractivity contribution in [2.45, 2.75) is 85.5 Å². The summed E-state index contributed by atoms with van der Waals surface area (Å²) in [5, 5.41) is 11.6. The van der Waals surface area contributed by atoms with E-state index in [9.17, 15) is 5.26 Å². The van der Waals surface area contributed by atoms with Crippen molar-refractivity contribution < 1.29 is 19.2 Å². The topological polar surface area (TPSA) is 119 Å². The number of fused-ring (bicyclic) bond motifs is 10. The van der Waals surface area contributed by atoms with Crippen molar-refractivity contribution in [3.63, 3.8) is 0 Å². The summed E-state index contributed by atoms with van der Waals surface area (Å²) in [6, 6.07) is 24.5. The monoisotopic (exact) mass is 813 g/mol. The standard InChI is InChI=1S/C53H43N5O4/c1-24(2)31-12-10-13-32(25(3)4)48(31)57-50(59)41-37-21-29-17-18-30(55-9)22-35(29)39(37)44-43-42(41)45(52(57)61)40-36-20-28(23-54)16-19-38(36)56-47(40)46(43)53(62)58(51(44)60)49-33(26(5)6)14-11-15-34(49)27(7)8/h10-20,22,24-27,56H,21H2,1-8H3. The number of aromatic nitrogens is 1. The SMILES string of the molecule is [C-]#[N+]c1ccc2c(c1)-c1c(c3c4c(c5c([nH]c6ccc(C#N)cc65)c5c4c1C(=O)N(c1c(C(C)C)cccc1C(C)C)C5=O)C(=O)N(c1c(C(C)C)cccc1C(C)C)C3=O)C2. The molecule has 9 heteroatoms. The normalized spacial score (nSPS) is 14.4. The maximum absolute atomic E-state index is 15.9. The first-order chi connectivity index (χ1) is 29.7. The average molecular weight is 814 g/mol. The molecule has 0 saturated carbocycles. The zero-order valence-corrected chi connectivity index (χ0v) is 35.9. The number of nitrogens with one attached hydrogen (secondary N) is 1. The Labute approximate surface area is 359 Å². The molecule has 3 heterocycles. The van der Waals surface area contributed by atoms with Crippen molar-refractivity contribution in [3.05, 3.63) is 145 Å². The number of imide groups is 2. The summed E-state index contributed by atoms with van der Waals surface area (Å²) in [6.07, 6.45) is 0.262. The van der Waals surface area contributed by atoms with Crippen molar-refractivity contribution in [1.82, 2.24) is 4.98 Å². The van der Waals surface area contributed by atoms with Crippen LogP contribution < -0.4 is 9.80 Å². The number of H-pyrrole nitrogens is 1. The lowest BCUT2D eigenvalue weighted by atomic mass is 9.77. The number of rotatable bonds is 6. The maximum atomic E-state index is 15.9. The number of hydrogen-bond acceptors (Lipinski definition) is 5. The Morgan fingerprint density at radius 3 is 1.66 bits per heavy atom. The predicted molar refractivity (Wildman–Crippen MR) is 244 cm³/mol. The molecule has 4 amide bonds. The number of carbonyl (C=O) groups excluding carboxylic acids is 4. The van der Waals surface area contributed by atoms with E-state index >= 15 is 19.2 Å². The molecule has 0 radical (unpaired) electrons. The number of nitrogens with zero attached hydrogens (tertiary/aromatic N) is 4. The van der Waals surface area contributed by atoms with Gasteiger partial charge in [0, 0.05) is 27.1 Å². The van der Waals surface area contributed by atoms with E-state index in [1.54, 1.807) is 30.3 Å². The smallest absolute Gasteiger partial charge is 0.268 e. The summed E-state index contributed by atoms with van der Waals surface area (Å²) in [7, 11) is 0. The first kappa shape index (κ1) is 38.8. The van der Waals surface area contributed by atoms with Gasteiger partial charge in [-0.05, 0) is 98.9 Å². The van der Waals surface area contributed by atoms with E-state index in [1.807, 2.05) is 97.9 Å². The maximum Gasteiger partial charge on any atom is 0.268 e. The molecule has 0 fully saturated rings. The van der Waals surface area contributed by atoms with Gasteiger partial charge >= 0.3 is 0 Å². The highest BCUT2D eigenvalue weighted by molar-refractivity contribution is 6.49. The van der Waals surface area contributed by atoms with Crippen LogP contribution in [0.3, 0.4) is 0 Å². The molecule has 304 valence electrons. The zero-order chi connectivity index (χ0) is 43.8. The van der Waals surface area contributed by atoms with Gasteiger partial charge < -0.3 is 4.98 Å². The Kier molecular flexibility index (Phi) is 8.50. The summed E-state index contributed by atoms with van der Waals surface area (Å²) in [5.41, 5.74) is 9.46. The molecule has 0 saturated heterocycles. The Hall–Kier alpha value is -7.36. The van der Waals surface area contributed by atoms with E-state index in [4.69, 9.17) is 6.57 Å². The second-order valence-corrected chi connectivity index (χ2v) is 18.1. The number of para-hydroxylation sites is 2. The van der Waals surface area contributed by atoms with Crippen LogP contribution in [-0.4, -0.2) is 28.6 Å². The molecular formula is C53H43N5O4. The van der Waals surface area contributed by atoms with Gasteiger partial charge in [-0.3, -0.25) is 19.2 Å². The lowest BCUT2D eigenvalue weighted by Crippen LogP contribution is -2.45. The molecule has 3 aliphatic rings. The van der Waals surface area contributed by atoms with Crippen LogP contribution in [0.25, 0.3) is 48.6 Å². The van der Waals surface area contributed by atoms with Gasteiger partial charge in [-0.25, -0.2) is 14.6 Å². The van der Waals surface area contributed by atoms with E-state index in [0.717, 1.165) is 27.8 Å². The van der Waals surface area contributed by atoms with Gasteiger partial charge in [-0.15, -0.1) is 0 Å². The quantitative estimate of drug-likeness (QED) is 0.132. The lowest BCUT2D eigenvalue weighted by Gasteiger charge is -2.37. The Morgan fingerprint density at radius 2 is 1.13 bits per heavy atom. The summed E-state index contributed by atoms with van der Waals surface area (Å²) in [4.78, 5) is 73.5. The van der Waals surface area contributed by atoms with Gasteiger partial charge in [0.05, 0.1) is 57.4 Å². The van der Waals surface area contributed by atoms with E-state index in [2.05, 4.69) is 15.9 Å². The number of amides is 4. The number of anilines is 2. The van der Waals surface area contributed by atoms with Gasteiger partial charge in [0.25, 0.3) is 23.6 Å². The molecule has 0 bridgehead atoms. The minimum absolute atomic E-state index is 0.0555. The van der Waals surface area contributed by atoms with Gasteiger partial charge in [0.15, 0.2) is 5.69 Å². The van der Waals surface area contributed by atoms with Crippen LogP contribution >= 0.6 is 0 Å². The molecule has 2 aliphatic heterocycles. The van der Waals surface area contributed by atoms with Crippen LogP contribution in [0.4, 0.5) is 17.1 Å². The number of nitriles is 1. The second-order valence-electron chi connectivity index (χ2n) is 18.1. The summed E-state index contributed by atoms with van der Waals surface area (Å²) >= 11 is 0. The number of hydrogen-bond donors (Lipinski definition) is 1. The van der Waals surface area contributed by atoms with Crippen LogP contribution in [0.15, 0.2) is 72.8 Å². The Balaban J connectivity index is 1.45. The third-order valence-electron chi connectivity index (χ3n) is 13.2. The molecular weight excluding hydrogens is 771 g/mol. The second kappa shape index (κ2) is 13.6. The Morgan fingerprint density at radius 1 is 0.613 bits per heavy atom. The van der Waals surface area contributed by atoms with Crippen LogP contribution in [-0.2, 0) is 6.42 Å². The molecule has 62 heavy (non-hydrogen) atoms. The zero-order valence-electron chi connectivity index (χ0n) is 35.9. The predicted octanol–water partition coefficient (Wildman–Crippen LogP) is 12.6. The minimum atomic E-state index is -0.574. The van der Waals surface area contributed by atoms with E-state index in [-0.39, 0.29) is 63.1 Å². The van der Waals surface area contributed by atoms with Crippen molar-refractivity contribution in [3.8, 4) is 17.2 Å². The molecule has 10 rings (SSSR count). The van der Waals surface area contributed by atoms with Gasteiger partial charge in [-0.2, -0.15) is 5.26 Å². The molecule has 1 aromatic heterocycles. The third kappa shape index (κ3) is 5.06. The highest BCUT2D eigenvalue weighted by atomic mass is 16.2. The van der Waals surface area contributed by atoms with Crippen LogP contribution in [0.5, 0.6) is 0 Å². The summed E-state index contributed by atoms with van der Waals surface area (Å²) in [6.45, 7) is 24.3. The fourth-order valence-corrected chi connectivity index (χ4v) is 10.4.